The zero-order valence-electron chi connectivity index (χ0n) is 16.0. The van der Waals surface area contributed by atoms with Crippen LogP contribution in [0, 0.1) is 13.8 Å². The fraction of sp³-hybridized carbons (Fsp3) is 0.190. The molecule has 28 heavy (non-hydrogen) atoms. The highest BCUT2D eigenvalue weighted by Crippen LogP contribution is 2.22. The highest BCUT2D eigenvalue weighted by atomic mass is 16.4. The second kappa shape index (κ2) is 7.19. The zero-order valence-corrected chi connectivity index (χ0v) is 16.0. The van der Waals surface area contributed by atoms with E-state index in [1.807, 2.05) is 63.4 Å². The van der Waals surface area contributed by atoms with Gasteiger partial charge in [0.15, 0.2) is 11.4 Å². The number of amides is 1. The Kier molecular flexibility index (Phi) is 4.57. The van der Waals surface area contributed by atoms with Gasteiger partial charge in [0.05, 0.1) is 5.69 Å². The molecule has 1 aromatic carbocycles. The van der Waals surface area contributed by atoms with Crippen LogP contribution in [-0.2, 0) is 13.5 Å². The van der Waals surface area contributed by atoms with Crippen molar-refractivity contribution in [1.29, 1.82) is 0 Å². The Hall–Kier alpha value is -3.61. The summed E-state index contributed by atoms with van der Waals surface area (Å²) in [6.07, 6.45) is 0.638. The molecule has 0 radical (unpaired) electrons. The molecule has 0 fully saturated rings. The zero-order chi connectivity index (χ0) is 19.7. The Labute approximate surface area is 162 Å². The molecule has 3 heterocycles. The van der Waals surface area contributed by atoms with E-state index in [1.54, 1.807) is 10.7 Å². The maximum absolute atomic E-state index is 12.4. The number of nitrogens with one attached hydrogen (secondary N) is 2. The van der Waals surface area contributed by atoms with E-state index in [0.717, 1.165) is 33.6 Å². The van der Waals surface area contributed by atoms with Gasteiger partial charge in [0.25, 0.3) is 0 Å². The molecule has 0 aliphatic carbocycles. The summed E-state index contributed by atoms with van der Waals surface area (Å²) in [5, 5.41) is 5.42. The summed E-state index contributed by atoms with van der Waals surface area (Å²) < 4.78 is 7.40. The van der Waals surface area contributed by atoms with Crippen molar-refractivity contribution >= 4 is 22.8 Å². The third-order valence-corrected chi connectivity index (χ3v) is 4.58. The van der Waals surface area contributed by atoms with Crippen LogP contribution in [0.4, 0.5) is 5.82 Å². The van der Waals surface area contributed by atoms with Crippen LogP contribution < -0.4 is 10.9 Å². The first-order chi connectivity index (χ1) is 13.5. The molecule has 3 aromatic heterocycles. The number of hydrogen-bond acceptors (Lipinski definition) is 5. The van der Waals surface area contributed by atoms with Gasteiger partial charge in [-0.15, -0.1) is 0 Å². The standard InChI is InChI=1S/C21H21N5O2/c1-13-11-18(22-20-19(13)14(2)25-26(20)3)23-24-21(27)17-10-9-16(28-17)12-15-7-5-4-6-8-15/h4-11H,12H2,1-3H3,(H,22,23)(H,24,27). The van der Waals surface area contributed by atoms with E-state index < -0.39 is 0 Å². The molecule has 2 N–H and O–H groups in total. The summed E-state index contributed by atoms with van der Waals surface area (Å²) in [5.74, 6) is 1.15. The van der Waals surface area contributed by atoms with Crippen LogP contribution in [-0.4, -0.2) is 20.7 Å². The Morgan fingerprint density at radius 2 is 1.93 bits per heavy atom. The highest BCUT2D eigenvalue weighted by molar-refractivity contribution is 5.92. The number of pyridine rings is 1. The van der Waals surface area contributed by atoms with Crippen molar-refractivity contribution in [3.63, 3.8) is 0 Å². The average Bonchev–Trinajstić information content (AvgIpc) is 3.25. The van der Waals surface area contributed by atoms with Crippen LogP contribution in [0.2, 0.25) is 0 Å². The maximum atomic E-state index is 12.4. The number of nitrogens with zero attached hydrogens (tertiary/aromatic N) is 3. The summed E-state index contributed by atoms with van der Waals surface area (Å²) in [5.41, 5.74) is 9.35. The summed E-state index contributed by atoms with van der Waals surface area (Å²) >= 11 is 0. The molecule has 0 saturated heterocycles. The van der Waals surface area contributed by atoms with Crippen LogP contribution in [0.5, 0.6) is 0 Å². The van der Waals surface area contributed by atoms with Crippen molar-refractivity contribution in [3.8, 4) is 0 Å². The average molecular weight is 375 g/mol. The predicted molar refractivity (Wildman–Crippen MR) is 107 cm³/mol. The smallest absolute Gasteiger partial charge is 0.305 e. The van der Waals surface area contributed by atoms with E-state index in [0.29, 0.717) is 12.2 Å². The number of fused-ring (bicyclic) bond motifs is 1. The summed E-state index contributed by atoms with van der Waals surface area (Å²) in [6.45, 7) is 3.95. The van der Waals surface area contributed by atoms with Crippen LogP contribution in [0.3, 0.4) is 0 Å². The highest BCUT2D eigenvalue weighted by Gasteiger charge is 2.14. The minimum absolute atomic E-state index is 0.243. The van der Waals surface area contributed by atoms with Gasteiger partial charge in [0.2, 0.25) is 0 Å². The van der Waals surface area contributed by atoms with Crippen molar-refractivity contribution in [2.45, 2.75) is 20.3 Å². The Morgan fingerprint density at radius 1 is 1.14 bits per heavy atom. The van der Waals surface area contributed by atoms with Gasteiger partial charge in [-0.2, -0.15) is 5.10 Å². The van der Waals surface area contributed by atoms with Crippen molar-refractivity contribution in [1.82, 2.24) is 20.2 Å². The normalized spacial score (nSPS) is 11.0. The van der Waals surface area contributed by atoms with Crippen LogP contribution in [0.25, 0.3) is 11.0 Å². The lowest BCUT2D eigenvalue weighted by Crippen LogP contribution is -2.29. The lowest BCUT2D eigenvalue weighted by Gasteiger charge is -2.08. The first-order valence-electron chi connectivity index (χ1n) is 9.01. The lowest BCUT2D eigenvalue weighted by atomic mass is 10.1. The monoisotopic (exact) mass is 375 g/mol. The van der Waals surface area contributed by atoms with E-state index in [1.165, 1.54) is 0 Å². The molecule has 0 atom stereocenters. The van der Waals surface area contributed by atoms with Gasteiger partial charge in [-0.1, -0.05) is 30.3 Å². The first-order valence-corrected chi connectivity index (χ1v) is 9.01. The lowest BCUT2D eigenvalue weighted by molar-refractivity contribution is 0.0933. The predicted octanol–water partition coefficient (Wildman–Crippen LogP) is 3.53. The molecule has 0 bridgehead atoms. The van der Waals surface area contributed by atoms with Gasteiger partial charge >= 0.3 is 5.91 Å². The van der Waals surface area contributed by atoms with Crippen molar-refractivity contribution in [2.24, 2.45) is 7.05 Å². The second-order valence-corrected chi connectivity index (χ2v) is 6.74. The van der Waals surface area contributed by atoms with Gasteiger partial charge in [-0.25, -0.2) is 4.98 Å². The third-order valence-electron chi connectivity index (χ3n) is 4.58. The maximum Gasteiger partial charge on any atom is 0.305 e. The van der Waals surface area contributed by atoms with Crippen LogP contribution in [0.15, 0.2) is 52.9 Å². The van der Waals surface area contributed by atoms with Gasteiger partial charge in [0.1, 0.15) is 11.6 Å². The largest absolute Gasteiger partial charge is 0.456 e. The van der Waals surface area contributed by atoms with E-state index in [2.05, 4.69) is 20.9 Å². The Morgan fingerprint density at radius 3 is 2.71 bits per heavy atom. The second-order valence-electron chi connectivity index (χ2n) is 6.74. The van der Waals surface area contributed by atoms with Crippen LogP contribution in [0.1, 0.15) is 33.1 Å². The van der Waals surface area contributed by atoms with Gasteiger partial charge in [0, 0.05) is 18.9 Å². The van der Waals surface area contributed by atoms with E-state index in [4.69, 9.17) is 4.42 Å². The quantitative estimate of drug-likeness (QED) is 0.521. The molecule has 0 aliphatic rings. The number of rotatable bonds is 5. The summed E-state index contributed by atoms with van der Waals surface area (Å²) in [7, 11) is 1.85. The van der Waals surface area contributed by atoms with E-state index in [-0.39, 0.29) is 11.7 Å². The minimum atomic E-state index is -0.361. The van der Waals surface area contributed by atoms with Crippen molar-refractivity contribution in [3.05, 3.63) is 76.9 Å². The molecule has 7 heteroatoms. The van der Waals surface area contributed by atoms with Gasteiger partial charge in [-0.3, -0.25) is 20.3 Å². The van der Waals surface area contributed by atoms with Crippen molar-refractivity contribution in [2.75, 3.05) is 5.43 Å². The molecule has 0 saturated carbocycles. The summed E-state index contributed by atoms with van der Waals surface area (Å²) in [6, 6.07) is 15.3. The number of furan rings is 1. The van der Waals surface area contributed by atoms with E-state index >= 15 is 0 Å². The van der Waals surface area contributed by atoms with Crippen LogP contribution >= 0.6 is 0 Å². The Bertz CT molecular complexity index is 1140. The van der Waals surface area contributed by atoms with Crippen molar-refractivity contribution < 1.29 is 9.21 Å². The van der Waals surface area contributed by atoms with Gasteiger partial charge in [-0.05, 0) is 43.2 Å². The summed E-state index contributed by atoms with van der Waals surface area (Å²) in [4.78, 5) is 16.9. The number of benzene rings is 1. The minimum Gasteiger partial charge on any atom is -0.456 e. The molecular weight excluding hydrogens is 354 g/mol. The topological polar surface area (TPSA) is 85.0 Å². The number of carbonyl (C=O) groups is 1. The van der Waals surface area contributed by atoms with E-state index in [9.17, 15) is 4.79 Å². The number of carbonyl (C=O) groups excluding carboxylic acids is 1. The van der Waals surface area contributed by atoms with Gasteiger partial charge < -0.3 is 4.42 Å². The molecular formula is C21H21N5O2. The number of hydrazine groups is 1. The Balaban J connectivity index is 1.45. The number of hydrogen-bond donors (Lipinski definition) is 2. The first kappa shape index (κ1) is 17.8. The molecule has 0 unspecified atom stereocenters. The SMILES string of the molecule is Cc1cc(NNC(=O)c2ccc(Cc3ccccc3)o2)nc2c1c(C)nn2C. The number of anilines is 1. The molecule has 7 nitrogen and oxygen atoms in total. The fourth-order valence-electron chi connectivity index (χ4n) is 3.30. The molecule has 142 valence electrons. The molecule has 4 rings (SSSR count). The molecule has 0 spiro atoms. The number of aromatic nitrogens is 3. The molecule has 4 aromatic rings. The number of aryl methyl sites for hydroxylation is 3. The molecule has 0 aliphatic heterocycles. The third kappa shape index (κ3) is 3.46. The fourth-order valence-corrected chi connectivity index (χ4v) is 3.30. The molecule has 1 amide bonds.